The molecule has 0 saturated carbocycles. The SMILES string of the molecule is COc1ccc(N=C2NC(=O)/C(=C\c3cc(Cl)ccc3O)S2)cc1. The third-order valence-electron chi connectivity index (χ3n) is 3.23. The van der Waals surface area contributed by atoms with E-state index in [0.717, 1.165) is 5.75 Å². The highest BCUT2D eigenvalue weighted by Gasteiger charge is 2.24. The summed E-state index contributed by atoms with van der Waals surface area (Å²) in [6.45, 7) is 0. The quantitative estimate of drug-likeness (QED) is 0.813. The fraction of sp³-hybridized carbons (Fsp3) is 0.0588. The molecule has 1 fully saturated rings. The predicted octanol–water partition coefficient (Wildman–Crippen LogP) is 3.95. The van der Waals surface area contributed by atoms with E-state index in [1.807, 2.05) is 0 Å². The Hall–Kier alpha value is -2.44. The second-order valence-corrected chi connectivity index (χ2v) is 6.35. The van der Waals surface area contributed by atoms with Crippen molar-refractivity contribution in [3.8, 4) is 11.5 Å². The molecule has 3 rings (SSSR count). The van der Waals surface area contributed by atoms with Gasteiger partial charge in [0.25, 0.3) is 5.91 Å². The number of hydrogen-bond donors (Lipinski definition) is 2. The topological polar surface area (TPSA) is 70.9 Å². The van der Waals surface area contributed by atoms with Gasteiger partial charge in [-0.1, -0.05) is 11.6 Å². The summed E-state index contributed by atoms with van der Waals surface area (Å²) in [6.07, 6.45) is 1.58. The van der Waals surface area contributed by atoms with Crippen LogP contribution in [0.15, 0.2) is 52.4 Å². The number of phenols is 1. The van der Waals surface area contributed by atoms with E-state index < -0.39 is 0 Å². The smallest absolute Gasteiger partial charge is 0.264 e. The number of phenolic OH excluding ortho intramolecular Hbond substituents is 1. The molecule has 1 saturated heterocycles. The van der Waals surface area contributed by atoms with Gasteiger partial charge in [-0.25, -0.2) is 4.99 Å². The first-order chi connectivity index (χ1) is 11.5. The molecule has 5 nitrogen and oxygen atoms in total. The summed E-state index contributed by atoms with van der Waals surface area (Å²) in [5.74, 6) is 0.520. The molecule has 2 aromatic rings. The standard InChI is InChI=1S/C17H13ClN2O3S/c1-23-13-5-3-12(4-6-13)19-17-20-16(22)15(24-17)9-10-8-11(18)2-7-14(10)21/h2-9,21H,1H3,(H,19,20,22)/b15-9+. The molecule has 0 atom stereocenters. The number of ether oxygens (including phenoxy) is 1. The predicted molar refractivity (Wildman–Crippen MR) is 96.9 cm³/mol. The molecule has 1 heterocycles. The van der Waals surface area contributed by atoms with Crippen LogP contribution >= 0.6 is 23.4 Å². The van der Waals surface area contributed by atoms with E-state index in [1.54, 1.807) is 49.6 Å². The van der Waals surface area contributed by atoms with Gasteiger partial charge in [-0.2, -0.15) is 0 Å². The van der Waals surface area contributed by atoms with Crippen LogP contribution in [0.1, 0.15) is 5.56 Å². The molecule has 0 aromatic heterocycles. The molecule has 2 aromatic carbocycles. The largest absolute Gasteiger partial charge is 0.507 e. The number of hydrogen-bond acceptors (Lipinski definition) is 5. The van der Waals surface area contributed by atoms with E-state index in [1.165, 1.54) is 17.8 Å². The maximum atomic E-state index is 12.1. The Morgan fingerprint density at radius 3 is 2.71 bits per heavy atom. The molecule has 24 heavy (non-hydrogen) atoms. The summed E-state index contributed by atoms with van der Waals surface area (Å²) in [4.78, 5) is 16.9. The number of rotatable bonds is 3. The zero-order chi connectivity index (χ0) is 17.1. The zero-order valence-electron chi connectivity index (χ0n) is 12.6. The highest BCUT2D eigenvalue weighted by atomic mass is 35.5. The average molecular weight is 361 g/mol. The number of methoxy groups -OCH3 is 1. The Morgan fingerprint density at radius 2 is 2.00 bits per heavy atom. The van der Waals surface area contributed by atoms with E-state index in [4.69, 9.17) is 16.3 Å². The van der Waals surface area contributed by atoms with Gasteiger partial charge in [0.15, 0.2) is 5.17 Å². The van der Waals surface area contributed by atoms with Crippen LogP contribution in [0, 0.1) is 0 Å². The Kier molecular flexibility index (Phi) is 4.78. The molecule has 0 spiro atoms. The van der Waals surface area contributed by atoms with Crippen LogP contribution in [0.4, 0.5) is 5.69 Å². The minimum atomic E-state index is -0.272. The number of nitrogens with one attached hydrogen (secondary N) is 1. The number of nitrogens with zero attached hydrogens (tertiary/aromatic N) is 1. The first kappa shape index (κ1) is 16.4. The number of benzene rings is 2. The van der Waals surface area contributed by atoms with Crippen molar-refractivity contribution in [3.63, 3.8) is 0 Å². The third kappa shape index (κ3) is 3.72. The van der Waals surface area contributed by atoms with Crippen LogP contribution in [0.25, 0.3) is 6.08 Å². The van der Waals surface area contributed by atoms with Crippen molar-refractivity contribution in [2.45, 2.75) is 0 Å². The summed E-state index contributed by atoms with van der Waals surface area (Å²) in [5.41, 5.74) is 1.18. The Morgan fingerprint density at radius 1 is 1.25 bits per heavy atom. The maximum Gasteiger partial charge on any atom is 0.264 e. The van der Waals surface area contributed by atoms with Gasteiger partial charge >= 0.3 is 0 Å². The van der Waals surface area contributed by atoms with Crippen molar-refractivity contribution in [2.75, 3.05) is 7.11 Å². The molecule has 1 amide bonds. The number of amides is 1. The van der Waals surface area contributed by atoms with E-state index in [2.05, 4.69) is 10.3 Å². The molecular formula is C17H13ClN2O3S. The molecule has 1 aliphatic rings. The van der Waals surface area contributed by atoms with Gasteiger partial charge in [0.2, 0.25) is 0 Å². The van der Waals surface area contributed by atoms with E-state index in [-0.39, 0.29) is 11.7 Å². The van der Waals surface area contributed by atoms with E-state index in [9.17, 15) is 9.90 Å². The van der Waals surface area contributed by atoms with Crippen LogP contribution in [0.5, 0.6) is 11.5 Å². The normalized spacial score (nSPS) is 17.3. The van der Waals surface area contributed by atoms with Gasteiger partial charge in [-0.05, 0) is 60.3 Å². The Bertz CT molecular complexity index is 847. The number of amidine groups is 1. The highest BCUT2D eigenvalue weighted by Crippen LogP contribution is 2.31. The lowest BCUT2D eigenvalue weighted by Gasteiger charge is -2.00. The minimum Gasteiger partial charge on any atom is -0.507 e. The maximum absolute atomic E-state index is 12.1. The van der Waals surface area contributed by atoms with Gasteiger partial charge in [-0.3, -0.25) is 4.79 Å². The first-order valence-electron chi connectivity index (χ1n) is 6.97. The summed E-state index contributed by atoms with van der Waals surface area (Å²) < 4.78 is 5.09. The van der Waals surface area contributed by atoms with Gasteiger partial charge < -0.3 is 15.2 Å². The number of carbonyl (C=O) groups is 1. The lowest BCUT2D eigenvalue weighted by Crippen LogP contribution is -2.19. The van der Waals surface area contributed by atoms with Gasteiger partial charge in [0.05, 0.1) is 17.7 Å². The Balaban J connectivity index is 1.83. The molecule has 0 radical (unpaired) electrons. The van der Waals surface area contributed by atoms with Crippen LogP contribution in [-0.2, 0) is 4.79 Å². The van der Waals surface area contributed by atoms with Crippen LogP contribution in [0.3, 0.4) is 0 Å². The number of thioether (sulfide) groups is 1. The molecule has 2 N–H and O–H groups in total. The molecule has 122 valence electrons. The van der Waals surface area contributed by atoms with Crippen LogP contribution in [0.2, 0.25) is 5.02 Å². The molecule has 1 aliphatic heterocycles. The van der Waals surface area contributed by atoms with Crippen molar-refractivity contribution in [2.24, 2.45) is 4.99 Å². The average Bonchev–Trinajstić information content (AvgIpc) is 2.91. The van der Waals surface area contributed by atoms with E-state index >= 15 is 0 Å². The number of aromatic hydroxyl groups is 1. The lowest BCUT2D eigenvalue weighted by atomic mass is 10.2. The molecule has 0 unspecified atom stereocenters. The van der Waals surface area contributed by atoms with Gasteiger partial charge in [0.1, 0.15) is 11.5 Å². The summed E-state index contributed by atoms with van der Waals surface area (Å²) >= 11 is 7.12. The second-order valence-electron chi connectivity index (χ2n) is 4.88. The second kappa shape index (κ2) is 6.98. The lowest BCUT2D eigenvalue weighted by molar-refractivity contribution is -0.115. The summed E-state index contributed by atoms with van der Waals surface area (Å²) in [5, 5.41) is 13.5. The van der Waals surface area contributed by atoms with Crippen LogP contribution in [-0.4, -0.2) is 23.3 Å². The summed E-state index contributed by atoms with van der Waals surface area (Å²) in [6, 6.07) is 11.8. The molecular weight excluding hydrogens is 348 g/mol. The highest BCUT2D eigenvalue weighted by molar-refractivity contribution is 8.18. The number of aliphatic imine (C=N–C) groups is 1. The fourth-order valence-corrected chi connectivity index (χ4v) is 3.05. The fourth-order valence-electron chi connectivity index (χ4n) is 2.04. The van der Waals surface area contributed by atoms with Gasteiger partial charge in [0, 0.05) is 10.6 Å². The van der Waals surface area contributed by atoms with Crippen molar-refractivity contribution >= 4 is 46.2 Å². The van der Waals surface area contributed by atoms with Crippen molar-refractivity contribution in [3.05, 3.63) is 58.0 Å². The van der Waals surface area contributed by atoms with Crippen molar-refractivity contribution in [1.82, 2.24) is 5.32 Å². The van der Waals surface area contributed by atoms with Gasteiger partial charge in [-0.15, -0.1) is 0 Å². The van der Waals surface area contributed by atoms with Crippen LogP contribution < -0.4 is 10.1 Å². The third-order valence-corrected chi connectivity index (χ3v) is 4.38. The minimum absolute atomic E-state index is 0.0563. The zero-order valence-corrected chi connectivity index (χ0v) is 14.2. The van der Waals surface area contributed by atoms with Crippen molar-refractivity contribution < 1.29 is 14.6 Å². The van der Waals surface area contributed by atoms with E-state index in [0.29, 0.717) is 26.3 Å². The molecule has 7 heteroatoms. The Labute approximate surface area is 148 Å². The summed E-state index contributed by atoms with van der Waals surface area (Å²) in [7, 11) is 1.59. The molecule has 0 aliphatic carbocycles. The number of carbonyl (C=O) groups excluding carboxylic acids is 1. The van der Waals surface area contributed by atoms with Crippen molar-refractivity contribution in [1.29, 1.82) is 0 Å². The molecule has 0 bridgehead atoms. The first-order valence-corrected chi connectivity index (χ1v) is 8.17. The number of halogens is 1. The monoisotopic (exact) mass is 360 g/mol.